The summed E-state index contributed by atoms with van der Waals surface area (Å²) in [6.07, 6.45) is 0. The van der Waals surface area contributed by atoms with Crippen LogP contribution >= 0.6 is 31.3 Å². The van der Waals surface area contributed by atoms with Gasteiger partial charge in [0.05, 0.1) is 23.7 Å². The maximum Gasteiger partial charge on any atom is 0.374 e. The van der Waals surface area contributed by atoms with E-state index in [1.807, 2.05) is 60.7 Å². The summed E-state index contributed by atoms with van der Waals surface area (Å²) in [5.74, 6) is 0. The molecule has 0 amide bonds. The lowest BCUT2D eigenvalue weighted by Crippen LogP contribution is -2.03. The smallest absolute Gasteiger partial charge is 0.256 e. The van der Waals surface area contributed by atoms with Gasteiger partial charge in [-0.15, -0.1) is 0 Å². The van der Waals surface area contributed by atoms with E-state index >= 15 is 0 Å². The zero-order valence-corrected chi connectivity index (χ0v) is 12.2. The average molecular weight is 317 g/mol. The lowest BCUT2D eigenvalue weighted by atomic mass is 10.0. The monoisotopic (exact) mass is 316 g/mol. The van der Waals surface area contributed by atoms with Gasteiger partial charge in [0.2, 0.25) is 0 Å². The third kappa shape index (κ3) is 3.19. The van der Waals surface area contributed by atoms with Crippen LogP contribution in [-0.2, 0) is 12.7 Å². The van der Waals surface area contributed by atoms with Gasteiger partial charge in [-0.3, -0.25) is 4.57 Å². The van der Waals surface area contributed by atoms with E-state index in [0.717, 1.165) is 11.1 Å². The lowest BCUT2D eigenvalue weighted by molar-refractivity contribution is 0.407. The highest BCUT2D eigenvalue weighted by Crippen LogP contribution is 2.65. The minimum absolute atomic E-state index is 0.676. The number of rotatable bonds is 5. The molecule has 0 heterocycles. The van der Waals surface area contributed by atoms with Gasteiger partial charge < -0.3 is 0 Å². The highest BCUT2D eigenvalue weighted by atomic mass is 35.5. The Morgan fingerprint density at radius 2 is 1.16 bits per heavy atom. The van der Waals surface area contributed by atoms with E-state index in [2.05, 4.69) is 8.15 Å². The first kappa shape index (κ1) is 14.6. The fourth-order valence-electron chi connectivity index (χ4n) is 1.92. The van der Waals surface area contributed by atoms with Crippen molar-refractivity contribution in [1.82, 2.24) is 0 Å². The molecule has 0 bridgehead atoms. The Labute approximate surface area is 121 Å². The normalized spacial score (nSPS) is 11.7. The highest BCUT2D eigenvalue weighted by Gasteiger charge is 2.39. The van der Waals surface area contributed by atoms with E-state index in [0.29, 0.717) is 0 Å². The van der Waals surface area contributed by atoms with Crippen LogP contribution in [0.5, 0.6) is 0 Å². The molecule has 0 aliphatic carbocycles. The lowest BCUT2D eigenvalue weighted by Gasteiger charge is -2.22. The highest BCUT2D eigenvalue weighted by molar-refractivity contribution is 7.56. The second kappa shape index (κ2) is 6.56. The van der Waals surface area contributed by atoms with E-state index < -0.39 is 13.3 Å². The van der Waals surface area contributed by atoms with Crippen LogP contribution in [0.25, 0.3) is 0 Å². The zero-order chi connectivity index (χ0) is 13.7. The Morgan fingerprint density at radius 3 is 1.47 bits per heavy atom. The van der Waals surface area contributed by atoms with Crippen LogP contribution in [0.2, 0.25) is 0 Å². The van der Waals surface area contributed by atoms with Crippen LogP contribution in [0.4, 0.5) is 0 Å². The summed E-state index contributed by atoms with van der Waals surface area (Å²) in [5.41, 5.74) is 0.821. The van der Waals surface area contributed by atoms with Gasteiger partial charge in [0.15, 0.2) is 0 Å². The minimum Gasteiger partial charge on any atom is -0.256 e. The second-order valence-corrected chi connectivity index (χ2v) is 6.60. The van der Waals surface area contributed by atoms with Gasteiger partial charge in [-0.1, -0.05) is 60.7 Å². The van der Waals surface area contributed by atoms with Gasteiger partial charge in [-0.05, 0) is 11.1 Å². The molecule has 0 saturated heterocycles. The summed E-state index contributed by atoms with van der Waals surface area (Å²) in [6, 6.07) is 18.3. The molecule has 0 atom stereocenters. The minimum atomic E-state index is -3.70. The molecular weight excluding hydrogens is 306 g/mol. The fourth-order valence-corrected chi connectivity index (χ4v) is 3.91. The van der Waals surface area contributed by atoms with Crippen LogP contribution in [0.1, 0.15) is 16.8 Å². The predicted molar refractivity (Wildman–Crippen MR) is 76.2 cm³/mol. The molecule has 0 aliphatic rings. The van der Waals surface area contributed by atoms with Crippen molar-refractivity contribution in [3.05, 3.63) is 71.8 Å². The van der Waals surface area contributed by atoms with Crippen LogP contribution in [-0.4, -0.2) is 0 Å². The average Bonchev–Trinajstić information content (AvgIpc) is 2.49. The number of hydrogen-bond acceptors (Lipinski definition) is 3. The van der Waals surface area contributed by atoms with Crippen molar-refractivity contribution in [3.63, 3.8) is 0 Å². The largest absolute Gasteiger partial charge is 0.374 e. The molecule has 0 saturated carbocycles. The van der Waals surface area contributed by atoms with E-state index in [9.17, 15) is 4.57 Å². The summed E-state index contributed by atoms with van der Waals surface area (Å²) >= 11 is 10.7. The standard InChI is InChI=1S/C13H11Cl2O3P/c14-17-19(16,18-15)13(11-7-3-1-4-8-11)12-9-5-2-6-10-12/h1-10,13H. The maximum absolute atomic E-state index is 12.5. The van der Waals surface area contributed by atoms with E-state index in [1.165, 1.54) is 0 Å². The third-order valence-electron chi connectivity index (χ3n) is 2.74. The van der Waals surface area contributed by atoms with Gasteiger partial charge in [-0.2, -0.15) is 8.15 Å². The second-order valence-electron chi connectivity index (χ2n) is 3.90. The van der Waals surface area contributed by atoms with Gasteiger partial charge in [0, 0.05) is 0 Å². The molecule has 2 aromatic carbocycles. The number of halogens is 2. The summed E-state index contributed by atoms with van der Waals surface area (Å²) in [5, 5.41) is 0. The first-order valence-corrected chi connectivity index (χ1v) is 7.74. The molecule has 2 aromatic rings. The third-order valence-corrected chi connectivity index (χ3v) is 5.51. The summed E-state index contributed by atoms with van der Waals surface area (Å²) < 4.78 is 21.6. The van der Waals surface area contributed by atoms with Gasteiger partial charge >= 0.3 is 7.60 Å². The molecule has 19 heavy (non-hydrogen) atoms. The molecule has 3 nitrogen and oxygen atoms in total. The summed E-state index contributed by atoms with van der Waals surface area (Å²) in [7, 11) is -3.70. The van der Waals surface area contributed by atoms with Gasteiger partial charge in [0.25, 0.3) is 0 Å². The Hall–Kier alpha value is -0.830. The number of benzene rings is 2. The van der Waals surface area contributed by atoms with Gasteiger partial charge in [0.1, 0.15) is 5.66 Å². The van der Waals surface area contributed by atoms with E-state index in [-0.39, 0.29) is 0 Å². The predicted octanol–water partition coefficient (Wildman–Crippen LogP) is 5.31. The quantitative estimate of drug-likeness (QED) is 0.701. The van der Waals surface area contributed by atoms with Crippen molar-refractivity contribution in [2.45, 2.75) is 5.66 Å². The van der Waals surface area contributed by atoms with Crippen molar-refractivity contribution in [2.24, 2.45) is 0 Å². The SMILES string of the molecule is O=P(OCl)(OCl)C(c1ccccc1)c1ccccc1. The van der Waals surface area contributed by atoms with Crippen molar-refractivity contribution < 1.29 is 12.7 Å². The van der Waals surface area contributed by atoms with Gasteiger partial charge in [-0.25, -0.2) is 0 Å². The Balaban J connectivity index is 2.55. The van der Waals surface area contributed by atoms with E-state index in [1.54, 1.807) is 0 Å². The molecule has 6 heteroatoms. The molecule has 0 aliphatic heterocycles. The number of hydrogen-bond donors (Lipinski definition) is 0. The Morgan fingerprint density at radius 1 is 0.789 bits per heavy atom. The van der Waals surface area contributed by atoms with Crippen molar-refractivity contribution in [1.29, 1.82) is 0 Å². The zero-order valence-electron chi connectivity index (χ0n) is 9.78. The Bertz CT molecular complexity index is 515. The molecular formula is C13H11Cl2O3P. The summed E-state index contributed by atoms with van der Waals surface area (Å²) in [4.78, 5) is 0. The van der Waals surface area contributed by atoms with Crippen LogP contribution in [0.15, 0.2) is 60.7 Å². The molecule has 100 valence electrons. The van der Waals surface area contributed by atoms with Crippen molar-refractivity contribution >= 4 is 31.3 Å². The van der Waals surface area contributed by atoms with Crippen LogP contribution < -0.4 is 0 Å². The van der Waals surface area contributed by atoms with Crippen LogP contribution in [0.3, 0.4) is 0 Å². The molecule has 0 N–H and O–H groups in total. The maximum atomic E-state index is 12.5. The van der Waals surface area contributed by atoms with Crippen molar-refractivity contribution in [2.75, 3.05) is 0 Å². The van der Waals surface area contributed by atoms with Crippen LogP contribution in [0, 0.1) is 0 Å². The molecule has 0 unspecified atom stereocenters. The van der Waals surface area contributed by atoms with Crippen molar-refractivity contribution in [3.8, 4) is 0 Å². The first-order valence-electron chi connectivity index (χ1n) is 5.51. The molecule has 0 spiro atoms. The fraction of sp³-hybridized carbons (Fsp3) is 0.0769. The molecule has 0 radical (unpaired) electrons. The molecule has 2 rings (SSSR count). The molecule has 0 fully saturated rings. The summed E-state index contributed by atoms with van der Waals surface area (Å²) in [6.45, 7) is 0. The Kier molecular flexibility index (Phi) is 5.03. The first-order chi connectivity index (χ1) is 9.21. The van der Waals surface area contributed by atoms with E-state index in [4.69, 9.17) is 23.7 Å². The topological polar surface area (TPSA) is 35.5 Å². The molecule has 0 aromatic heterocycles.